The lowest BCUT2D eigenvalue weighted by Crippen LogP contribution is -2.34. The molecule has 0 spiro atoms. The summed E-state index contributed by atoms with van der Waals surface area (Å²) >= 11 is 0. The molecule has 3 rings (SSSR count). The number of nitrogens with zero attached hydrogens (tertiary/aromatic N) is 1. The number of benzene rings is 1. The van der Waals surface area contributed by atoms with Crippen molar-refractivity contribution >= 4 is 15.4 Å². The van der Waals surface area contributed by atoms with E-state index in [9.17, 15) is 30.4 Å². The molecule has 1 aromatic carbocycles. The summed E-state index contributed by atoms with van der Waals surface area (Å²) in [6, 6.07) is 2.85. The van der Waals surface area contributed by atoms with Crippen LogP contribution in [0, 0.1) is 11.6 Å². The van der Waals surface area contributed by atoms with Crippen LogP contribution in [0.5, 0.6) is 0 Å². The third-order valence-corrected chi connectivity index (χ3v) is 5.65. The zero-order valence-electron chi connectivity index (χ0n) is 15.8. The fraction of sp³-hybridized carbons (Fsp3) is 0.250. The molecule has 0 saturated carbocycles. The lowest BCUT2D eigenvalue weighted by atomic mass is 9.88. The van der Waals surface area contributed by atoms with Crippen LogP contribution in [-0.4, -0.2) is 31.6 Å². The molecular weight excluding hydrogens is 429 g/mol. The number of aromatic nitrogens is 1. The molecule has 0 aliphatic heterocycles. The fourth-order valence-corrected chi connectivity index (χ4v) is 3.87. The second-order valence-corrected chi connectivity index (χ2v) is 9.00. The minimum atomic E-state index is -4.81. The zero-order valence-corrected chi connectivity index (χ0v) is 16.6. The Bertz CT molecular complexity index is 1160. The second-order valence-electron chi connectivity index (χ2n) is 7.01. The third kappa shape index (κ3) is 4.76. The average Bonchev–Trinajstić information content (AvgIpc) is 2.61. The van der Waals surface area contributed by atoms with Crippen LogP contribution in [0.4, 0.5) is 22.0 Å². The molecule has 0 N–H and O–H groups in total. The molecule has 1 aliphatic carbocycles. The minimum absolute atomic E-state index is 0.107. The van der Waals surface area contributed by atoms with Gasteiger partial charge in [0.25, 0.3) is 0 Å². The normalized spacial score (nSPS) is 19.6. The van der Waals surface area contributed by atoms with E-state index in [2.05, 4.69) is 9.72 Å². The maximum absolute atomic E-state index is 14.7. The van der Waals surface area contributed by atoms with Crippen molar-refractivity contribution in [2.75, 3.05) is 6.26 Å². The first-order valence-corrected chi connectivity index (χ1v) is 10.5. The second kappa shape index (κ2) is 7.59. The Kier molecular flexibility index (Phi) is 5.59. The Hall–Kier alpha value is -2.59. The molecule has 160 valence electrons. The van der Waals surface area contributed by atoms with Gasteiger partial charge in [-0.1, -0.05) is 18.2 Å². The van der Waals surface area contributed by atoms with Gasteiger partial charge < -0.3 is 0 Å². The largest absolute Gasteiger partial charge is 0.523 e. The van der Waals surface area contributed by atoms with Crippen LogP contribution in [0.25, 0.3) is 16.7 Å². The van der Waals surface area contributed by atoms with Crippen LogP contribution in [0.1, 0.15) is 18.9 Å². The number of alkyl halides is 3. The van der Waals surface area contributed by atoms with Gasteiger partial charge in [-0.15, -0.1) is 13.2 Å². The van der Waals surface area contributed by atoms with Gasteiger partial charge >= 0.3 is 6.36 Å². The van der Waals surface area contributed by atoms with Gasteiger partial charge in [-0.05, 0) is 42.7 Å². The molecule has 4 nitrogen and oxygen atoms in total. The van der Waals surface area contributed by atoms with Gasteiger partial charge in [-0.3, -0.25) is 9.72 Å². The highest BCUT2D eigenvalue weighted by molar-refractivity contribution is 7.90. The Morgan fingerprint density at radius 1 is 1.10 bits per heavy atom. The summed E-state index contributed by atoms with van der Waals surface area (Å²) in [6.45, 7) is 1.27. The van der Waals surface area contributed by atoms with Crippen LogP contribution in [0.2, 0.25) is 0 Å². The van der Waals surface area contributed by atoms with Gasteiger partial charge in [0, 0.05) is 29.8 Å². The Balaban J connectivity index is 2.03. The monoisotopic (exact) mass is 445 g/mol. The van der Waals surface area contributed by atoms with Crippen molar-refractivity contribution < 1.29 is 35.1 Å². The van der Waals surface area contributed by atoms with Crippen LogP contribution in [-0.2, 0) is 14.6 Å². The highest BCUT2D eigenvalue weighted by Gasteiger charge is 2.39. The number of pyridine rings is 1. The summed E-state index contributed by atoms with van der Waals surface area (Å²) in [4.78, 5) is 3.13. The highest BCUT2D eigenvalue weighted by Crippen LogP contribution is 2.38. The van der Waals surface area contributed by atoms with Crippen molar-refractivity contribution in [1.29, 1.82) is 0 Å². The van der Waals surface area contributed by atoms with Gasteiger partial charge in [0.2, 0.25) is 0 Å². The van der Waals surface area contributed by atoms with E-state index in [1.807, 2.05) is 0 Å². The first-order chi connectivity index (χ1) is 13.8. The molecule has 1 atom stereocenters. The number of halogens is 5. The Morgan fingerprint density at radius 2 is 1.80 bits per heavy atom. The van der Waals surface area contributed by atoms with E-state index in [0.717, 1.165) is 12.3 Å². The van der Waals surface area contributed by atoms with Gasteiger partial charge in [-0.2, -0.15) is 0 Å². The van der Waals surface area contributed by atoms with Crippen molar-refractivity contribution in [2.24, 2.45) is 0 Å². The van der Waals surface area contributed by atoms with Crippen molar-refractivity contribution in [1.82, 2.24) is 4.98 Å². The summed E-state index contributed by atoms with van der Waals surface area (Å²) in [7, 11) is -3.97. The van der Waals surface area contributed by atoms with Crippen molar-refractivity contribution in [3.63, 3.8) is 0 Å². The molecule has 0 bridgehead atoms. The maximum Gasteiger partial charge on any atom is 0.523 e. The zero-order chi connectivity index (χ0) is 22.3. The van der Waals surface area contributed by atoms with Crippen LogP contribution in [0.15, 0.2) is 53.7 Å². The topological polar surface area (TPSA) is 56.3 Å². The van der Waals surface area contributed by atoms with E-state index in [4.69, 9.17) is 0 Å². The first-order valence-electron chi connectivity index (χ1n) is 8.59. The molecule has 2 aromatic rings. The third-order valence-electron chi connectivity index (χ3n) is 4.53. The smallest absolute Gasteiger partial charge is 0.281 e. The molecule has 1 aromatic heterocycles. The molecule has 1 heterocycles. The molecule has 1 aliphatic rings. The lowest BCUT2D eigenvalue weighted by molar-refractivity contribution is -0.355. The van der Waals surface area contributed by atoms with E-state index in [-0.39, 0.29) is 17.5 Å². The van der Waals surface area contributed by atoms with E-state index >= 15 is 0 Å². The molecule has 0 fully saturated rings. The van der Waals surface area contributed by atoms with Crippen molar-refractivity contribution in [3.05, 3.63) is 66.0 Å². The molecule has 0 radical (unpaired) electrons. The van der Waals surface area contributed by atoms with Crippen LogP contribution >= 0.6 is 0 Å². The fourth-order valence-electron chi connectivity index (χ4n) is 3.13. The molecule has 0 amide bonds. The molecular formula is C20H16F5NO3S. The Morgan fingerprint density at radius 3 is 2.37 bits per heavy atom. The van der Waals surface area contributed by atoms with E-state index in [1.165, 1.54) is 43.6 Å². The summed E-state index contributed by atoms with van der Waals surface area (Å²) in [6.07, 6.45) is 2.63. The van der Waals surface area contributed by atoms with Crippen molar-refractivity contribution in [3.8, 4) is 11.1 Å². The van der Waals surface area contributed by atoms with Crippen molar-refractivity contribution in [2.45, 2.75) is 30.2 Å². The Labute approximate surface area is 169 Å². The predicted molar refractivity (Wildman–Crippen MR) is 100.0 cm³/mol. The van der Waals surface area contributed by atoms with Gasteiger partial charge in [-0.25, -0.2) is 17.2 Å². The molecule has 30 heavy (non-hydrogen) atoms. The predicted octanol–water partition coefficient (Wildman–Crippen LogP) is 5.07. The van der Waals surface area contributed by atoms with Crippen LogP contribution < -0.4 is 0 Å². The van der Waals surface area contributed by atoms with E-state index in [0.29, 0.717) is 17.2 Å². The standard InChI is InChI=1S/C20H16F5NO3S/c1-19(29-20(23,24)25)6-3-12(4-7-19)13-5-8-26-11-15(13)14-9-17(22)18(10-16(14)21)30(2,27)28/h3-6,8-11H,7H2,1-2H3. The molecule has 10 heteroatoms. The quantitative estimate of drug-likeness (QED) is 0.617. The first kappa shape index (κ1) is 22.1. The van der Waals surface area contributed by atoms with Crippen LogP contribution in [0.3, 0.4) is 0 Å². The average molecular weight is 445 g/mol. The van der Waals surface area contributed by atoms with E-state index in [1.54, 1.807) is 0 Å². The number of rotatable bonds is 4. The summed E-state index contributed by atoms with van der Waals surface area (Å²) in [5.74, 6) is -2.10. The minimum Gasteiger partial charge on any atom is -0.281 e. The molecule has 0 saturated heterocycles. The highest BCUT2D eigenvalue weighted by atomic mass is 32.2. The summed E-state index contributed by atoms with van der Waals surface area (Å²) in [5.41, 5.74) is -0.811. The summed E-state index contributed by atoms with van der Waals surface area (Å²) < 4.78 is 94.1. The van der Waals surface area contributed by atoms with Gasteiger partial charge in [0.1, 0.15) is 16.5 Å². The number of sulfone groups is 1. The van der Waals surface area contributed by atoms with Gasteiger partial charge in [0.05, 0.1) is 5.60 Å². The SMILES string of the molecule is CC1(OC(F)(F)F)C=CC(c2ccncc2-c2cc(F)c(S(C)(=O)=O)cc2F)=CC1. The molecule has 1 unspecified atom stereocenters. The summed E-state index contributed by atoms with van der Waals surface area (Å²) in [5, 5.41) is 0. The van der Waals surface area contributed by atoms with E-state index < -0.39 is 38.3 Å². The number of hydrogen-bond acceptors (Lipinski definition) is 4. The number of allylic oxidation sites excluding steroid dienone is 2. The van der Waals surface area contributed by atoms with Gasteiger partial charge in [0.15, 0.2) is 9.84 Å². The lowest BCUT2D eigenvalue weighted by Gasteiger charge is -2.29. The number of hydrogen-bond donors (Lipinski definition) is 0. The number of ether oxygens (including phenoxy) is 1. The maximum atomic E-state index is 14.7.